The van der Waals surface area contributed by atoms with Crippen molar-refractivity contribution in [2.24, 2.45) is 0 Å². The van der Waals surface area contributed by atoms with Crippen LogP contribution in [0.4, 0.5) is 5.69 Å². The lowest BCUT2D eigenvalue weighted by molar-refractivity contribution is -0.122. The number of carbonyl (C=O) groups excluding carboxylic acids is 4. The highest BCUT2D eigenvalue weighted by Crippen LogP contribution is 2.29. The molecule has 7 nitrogen and oxygen atoms in total. The Morgan fingerprint density at radius 1 is 1.06 bits per heavy atom. The van der Waals surface area contributed by atoms with Crippen molar-refractivity contribution in [2.45, 2.75) is 19.0 Å². The van der Waals surface area contributed by atoms with Crippen molar-refractivity contribution in [3.8, 4) is 0 Å². The highest BCUT2D eigenvalue weighted by Gasteiger charge is 2.44. The van der Waals surface area contributed by atoms with Gasteiger partial charge in [-0.1, -0.05) is 12.1 Å². The maximum Gasteiger partial charge on any atom is 0.337 e. The first kappa shape index (κ1) is 21.0. The molecule has 158 valence electrons. The smallest absolute Gasteiger partial charge is 0.337 e. The molecule has 1 fully saturated rings. The predicted octanol–water partition coefficient (Wildman–Crippen LogP) is 3.57. The van der Waals surface area contributed by atoms with Crippen LogP contribution in [0.25, 0.3) is 0 Å². The van der Waals surface area contributed by atoms with Crippen molar-refractivity contribution in [1.29, 1.82) is 0 Å². The number of hydrogen-bond donors (Lipinski definition) is 0. The van der Waals surface area contributed by atoms with Crippen LogP contribution >= 0.6 is 22.7 Å². The lowest BCUT2D eigenvalue weighted by Gasteiger charge is -2.27. The Morgan fingerprint density at radius 2 is 1.77 bits per heavy atom. The molecule has 1 aliphatic heterocycles. The standard InChI is InChI=1S/C22H18N2O5S2/c1-29-22(28)14-6-8-15(9-7-14)24-19(25)12-17(20(24)26)23(13-16-4-2-10-30-16)21(27)18-5-3-11-31-18/h2-11,17H,12-13H2,1H3. The van der Waals surface area contributed by atoms with Crippen LogP contribution in [0.5, 0.6) is 0 Å². The van der Waals surface area contributed by atoms with Crippen molar-refractivity contribution in [1.82, 2.24) is 4.90 Å². The summed E-state index contributed by atoms with van der Waals surface area (Å²) in [6.07, 6.45) is -0.0971. The van der Waals surface area contributed by atoms with Crippen molar-refractivity contribution >= 4 is 52.1 Å². The first-order chi connectivity index (χ1) is 15.0. The molecule has 1 aromatic carbocycles. The van der Waals surface area contributed by atoms with Gasteiger partial charge < -0.3 is 9.64 Å². The van der Waals surface area contributed by atoms with Gasteiger partial charge >= 0.3 is 5.97 Å². The molecule has 2 aromatic heterocycles. The van der Waals surface area contributed by atoms with E-state index < -0.39 is 23.8 Å². The van der Waals surface area contributed by atoms with Gasteiger partial charge in [0.2, 0.25) is 5.91 Å². The maximum atomic E-state index is 13.3. The van der Waals surface area contributed by atoms with Gasteiger partial charge in [-0.3, -0.25) is 14.4 Å². The minimum absolute atomic E-state index is 0.0971. The van der Waals surface area contributed by atoms with Crippen LogP contribution in [0.2, 0.25) is 0 Å². The molecule has 9 heteroatoms. The van der Waals surface area contributed by atoms with Crippen LogP contribution in [0.15, 0.2) is 59.3 Å². The molecular formula is C22H18N2O5S2. The van der Waals surface area contributed by atoms with E-state index in [1.807, 2.05) is 17.5 Å². The van der Waals surface area contributed by atoms with E-state index in [2.05, 4.69) is 4.74 Å². The minimum atomic E-state index is -0.899. The third-order valence-electron chi connectivity index (χ3n) is 4.94. The second-order valence-electron chi connectivity index (χ2n) is 6.82. The summed E-state index contributed by atoms with van der Waals surface area (Å²) in [7, 11) is 1.28. The predicted molar refractivity (Wildman–Crippen MR) is 117 cm³/mol. The van der Waals surface area contributed by atoms with Crippen molar-refractivity contribution in [3.05, 3.63) is 74.6 Å². The summed E-state index contributed by atoms with van der Waals surface area (Å²) in [6.45, 7) is 0.243. The topological polar surface area (TPSA) is 84.0 Å². The van der Waals surface area contributed by atoms with Gasteiger partial charge in [-0.25, -0.2) is 9.69 Å². The fourth-order valence-electron chi connectivity index (χ4n) is 3.43. The summed E-state index contributed by atoms with van der Waals surface area (Å²) in [5.41, 5.74) is 0.666. The molecule has 1 saturated heterocycles. The molecule has 1 aliphatic rings. The number of rotatable bonds is 6. The molecule has 0 saturated carbocycles. The van der Waals surface area contributed by atoms with Crippen LogP contribution in [0, 0.1) is 0 Å². The largest absolute Gasteiger partial charge is 0.465 e. The number of esters is 1. The number of nitrogens with zero attached hydrogens (tertiary/aromatic N) is 2. The van der Waals surface area contributed by atoms with Gasteiger partial charge in [-0.2, -0.15) is 0 Å². The highest BCUT2D eigenvalue weighted by molar-refractivity contribution is 7.12. The first-order valence-corrected chi connectivity index (χ1v) is 11.2. The van der Waals surface area contributed by atoms with Gasteiger partial charge in [0, 0.05) is 4.88 Å². The number of methoxy groups -OCH3 is 1. The minimum Gasteiger partial charge on any atom is -0.465 e. The summed E-state index contributed by atoms with van der Waals surface area (Å²) in [5, 5.41) is 3.70. The summed E-state index contributed by atoms with van der Waals surface area (Å²) in [4.78, 5) is 54.8. The maximum absolute atomic E-state index is 13.3. The number of amides is 3. The number of carbonyl (C=O) groups is 4. The number of hydrogen-bond acceptors (Lipinski definition) is 7. The average Bonchev–Trinajstić information content (AvgIpc) is 3.54. The normalized spacial score (nSPS) is 15.9. The molecular weight excluding hydrogens is 436 g/mol. The summed E-state index contributed by atoms with van der Waals surface area (Å²) >= 11 is 2.78. The van der Waals surface area contributed by atoms with E-state index in [0.29, 0.717) is 16.1 Å². The second kappa shape index (κ2) is 8.83. The Morgan fingerprint density at radius 3 is 2.39 bits per heavy atom. The van der Waals surface area contributed by atoms with Gasteiger partial charge in [0.15, 0.2) is 0 Å². The van der Waals surface area contributed by atoms with E-state index in [0.717, 1.165) is 9.78 Å². The zero-order chi connectivity index (χ0) is 22.0. The third kappa shape index (κ3) is 4.14. The van der Waals surface area contributed by atoms with E-state index in [4.69, 9.17) is 0 Å². The molecule has 0 aliphatic carbocycles. The molecule has 3 heterocycles. The molecule has 0 N–H and O–H groups in total. The van der Waals surface area contributed by atoms with E-state index in [1.54, 1.807) is 17.5 Å². The molecule has 0 spiro atoms. The number of imide groups is 1. The van der Waals surface area contributed by atoms with Gasteiger partial charge in [0.1, 0.15) is 6.04 Å². The molecule has 3 amide bonds. The van der Waals surface area contributed by atoms with E-state index in [-0.39, 0.29) is 18.9 Å². The number of thiophene rings is 2. The van der Waals surface area contributed by atoms with Crippen molar-refractivity contribution in [2.75, 3.05) is 12.0 Å². The summed E-state index contributed by atoms with van der Waals surface area (Å²) in [5.74, 6) is -1.64. The van der Waals surface area contributed by atoms with Crippen LogP contribution < -0.4 is 4.90 Å². The zero-order valence-electron chi connectivity index (χ0n) is 16.5. The molecule has 0 bridgehead atoms. The van der Waals surface area contributed by atoms with Crippen LogP contribution in [-0.4, -0.2) is 41.7 Å². The first-order valence-electron chi connectivity index (χ1n) is 9.41. The number of benzene rings is 1. The van der Waals surface area contributed by atoms with Gasteiger partial charge in [-0.15, -0.1) is 22.7 Å². The second-order valence-corrected chi connectivity index (χ2v) is 8.80. The fraction of sp³-hybridized carbons (Fsp3) is 0.182. The lowest BCUT2D eigenvalue weighted by Crippen LogP contribution is -2.44. The molecule has 3 aromatic rings. The SMILES string of the molecule is COC(=O)c1ccc(N2C(=O)CC(N(Cc3cccs3)C(=O)c3cccs3)C2=O)cc1. The van der Waals surface area contributed by atoms with Crippen LogP contribution in [-0.2, 0) is 20.9 Å². The molecule has 31 heavy (non-hydrogen) atoms. The van der Waals surface area contributed by atoms with E-state index in [1.165, 1.54) is 58.9 Å². The van der Waals surface area contributed by atoms with Crippen molar-refractivity contribution < 1.29 is 23.9 Å². The number of ether oxygens (including phenoxy) is 1. The Bertz CT molecular complexity index is 1110. The third-order valence-corrected chi connectivity index (χ3v) is 6.66. The fourth-order valence-corrected chi connectivity index (χ4v) is 4.81. The van der Waals surface area contributed by atoms with Gasteiger partial charge in [0.05, 0.1) is 36.2 Å². The Balaban J connectivity index is 1.62. The van der Waals surface area contributed by atoms with Crippen LogP contribution in [0.3, 0.4) is 0 Å². The summed E-state index contributed by atoms with van der Waals surface area (Å²) < 4.78 is 4.68. The van der Waals surface area contributed by atoms with Gasteiger partial charge in [-0.05, 0) is 47.2 Å². The highest BCUT2D eigenvalue weighted by atomic mass is 32.1. The summed E-state index contributed by atoms with van der Waals surface area (Å²) in [6, 6.07) is 12.4. The molecule has 1 atom stereocenters. The quantitative estimate of drug-likeness (QED) is 0.420. The Kier molecular flexibility index (Phi) is 5.97. The van der Waals surface area contributed by atoms with E-state index in [9.17, 15) is 19.2 Å². The molecule has 4 rings (SSSR count). The average molecular weight is 455 g/mol. The van der Waals surface area contributed by atoms with Crippen LogP contribution in [0.1, 0.15) is 31.3 Å². The Hall–Kier alpha value is -3.30. The molecule has 0 radical (unpaired) electrons. The van der Waals surface area contributed by atoms with E-state index >= 15 is 0 Å². The zero-order valence-corrected chi connectivity index (χ0v) is 18.2. The lowest BCUT2D eigenvalue weighted by atomic mass is 10.2. The van der Waals surface area contributed by atoms with Crippen molar-refractivity contribution in [3.63, 3.8) is 0 Å². The molecule has 1 unspecified atom stereocenters. The number of anilines is 1. The van der Waals surface area contributed by atoms with Gasteiger partial charge in [0.25, 0.3) is 11.8 Å². The monoisotopic (exact) mass is 454 g/mol. The Labute approximate surface area is 186 Å².